The SMILES string of the molecule is COc1ccc(N2C(=O)CC(Sc3cccc(N)c3)C2=O)cc1. The molecule has 2 amide bonds. The van der Waals surface area contributed by atoms with Gasteiger partial charge < -0.3 is 10.5 Å². The number of nitrogens with two attached hydrogens (primary N) is 1. The summed E-state index contributed by atoms with van der Waals surface area (Å²) in [6, 6.07) is 14.2. The molecule has 0 aromatic heterocycles. The summed E-state index contributed by atoms with van der Waals surface area (Å²) in [5.41, 5.74) is 6.96. The van der Waals surface area contributed by atoms with Crippen LogP contribution in [0, 0.1) is 0 Å². The molecule has 1 fully saturated rings. The molecule has 0 bridgehead atoms. The van der Waals surface area contributed by atoms with Crippen LogP contribution < -0.4 is 15.4 Å². The standard InChI is InChI=1S/C17H16N2O3S/c1-22-13-7-5-12(6-8-13)19-16(20)10-15(17(19)21)23-14-4-2-3-11(18)9-14/h2-9,15H,10,18H2,1H3. The number of carbonyl (C=O) groups is 2. The largest absolute Gasteiger partial charge is 0.497 e. The Morgan fingerprint density at radius 1 is 1.17 bits per heavy atom. The molecule has 1 aliphatic heterocycles. The van der Waals surface area contributed by atoms with Gasteiger partial charge in [0, 0.05) is 17.0 Å². The Morgan fingerprint density at radius 2 is 1.91 bits per heavy atom. The number of benzene rings is 2. The first-order valence-corrected chi connectivity index (χ1v) is 7.99. The van der Waals surface area contributed by atoms with Crippen LogP contribution in [0.5, 0.6) is 5.75 Å². The smallest absolute Gasteiger partial charge is 0.247 e. The fraction of sp³-hybridized carbons (Fsp3) is 0.176. The second kappa shape index (κ2) is 6.34. The van der Waals surface area contributed by atoms with Crippen molar-refractivity contribution in [3.8, 4) is 5.75 Å². The summed E-state index contributed by atoms with van der Waals surface area (Å²) >= 11 is 1.37. The van der Waals surface area contributed by atoms with Gasteiger partial charge >= 0.3 is 0 Å². The van der Waals surface area contributed by atoms with Gasteiger partial charge in [-0.15, -0.1) is 11.8 Å². The lowest BCUT2D eigenvalue weighted by atomic mass is 10.3. The molecule has 2 aromatic carbocycles. The maximum absolute atomic E-state index is 12.6. The average molecular weight is 328 g/mol. The van der Waals surface area contributed by atoms with Crippen molar-refractivity contribution < 1.29 is 14.3 Å². The van der Waals surface area contributed by atoms with Gasteiger partial charge in [-0.3, -0.25) is 9.59 Å². The molecule has 6 heteroatoms. The highest BCUT2D eigenvalue weighted by Crippen LogP contribution is 2.34. The van der Waals surface area contributed by atoms with Crippen LogP contribution in [0.3, 0.4) is 0 Å². The summed E-state index contributed by atoms with van der Waals surface area (Å²) in [6.07, 6.45) is 0.185. The number of nitrogens with zero attached hydrogens (tertiary/aromatic N) is 1. The molecule has 3 rings (SSSR count). The van der Waals surface area contributed by atoms with Crippen molar-refractivity contribution in [1.82, 2.24) is 0 Å². The number of anilines is 2. The van der Waals surface area contributed by atoms with Crippen LogP contribution in [0.15, 0.2) is 53.4 Å². The predicted molar refractivity (Wildman–Crippen MR) is 90.6 cm³/mol. The Balaban J connectivity index is 1.79. The van der Waals surface area contributed by atoms with E-state index < -0.39 is 5.25 Å². The lowest BCUT2D eigenvalue weighted by molar-refractivity contribution is -0.121. The Kier molecular flexibility index (Phi) is 4.25. The van der Waals surface area contributed by atoms with Crippen LogP contribution in [0.25, 0.3) is 0 Å². The van der Waals surface area contributed by atoms with E-state index in [9.17, 15) is 9.59 Å². The van der Waals surface area contributed by atoms with Crippen LogP contribution in [0.1, 0.15) is 6.42 Å². The fourth-order valence-corrected chi connectivity index (χ4v) is 3.57. The van der Waals surface area contributed by atoms with Crippen molar-refractivity contribution in [2.24, 2.45) is 0 Å². The molecule has 1 atom stereocenters. The van der Waals surface area contributed by atoms with E-state index in [1.54, 1.807) is 43.5 Å². The minimum atomic E-state index is -0.425. The second-order valence-electron chi connectivity index (χ2n) is 5.15. The Labute approximate surface area is 138 Å². The highest BCUT2D eigenvalue weighted by Gasteiger charge is 2.40. The maximum Gasteiger partial charge on any atom is 0.247 e. The quantitative estimate of drug-likeness (QED) is 0.690. The second-order valence-corrected chi connectivity index (χ2v) is 6.42. The van der Waals surface area contributed by atoms with Crippen LogP contribution in [-0.2, 0) is 9.59 Å². The number of amides is 2. The number of carbonyl (C=O) groups excluding carboxylic acids is 2. The summed E-state index contributed by atoms with van der Waals surface area (Å²) in [4.78, 5) is 26.9. The van der Waals surface area contributed by atoms with Gasteiger partial charge in [0.25, 0.3) is 0 Å². The monoisotopic (exact) mass is 328 g/mol. The summed E-state index contributed by atoms with van der Waals surface area (Å²) in [5, 5.41) is -0.425. The zero-order valence-electron chi connectivity index (χ0n) is 12.6. The van der Waals surface area contributed by atoms with Gasteiger partial charge in [-0.05, 0) is 42.5 Å². The topological polar surface area (TPSA) is 72.6 Å². The Hall–Kier alpha value is -2.47. The van der Waals surface area contributed by atoms with E-state index in [1.165, 1.54) is 16.7 Å². The molecule has 1 unspecified atom stereocenters. The van der Waals surface area contributed by atoms with Crippen molar-refractivity contribution in [1.29, 1.82) is 0 Å². The van der Waals surface area contributed by atoms with E-state index in [-0.39, 0.29) is 18.2 Å². The number of thioether (sulfide) groups is 1. The Morgan fingerprint density at radius 3 is 2.57 bits per heavy atom. The average Bonchev–Trinajstić information content (AvgIpc) is 2.81. The third kappa shape index (κ3) is 3.17. The number of hydrogen-bond donors (Lipinski definition) is 1. The lowest BCUT2D eigenvalue weighted by Gasteiger charge is -2.15. The maximum atomic E-state index is 12.6. The molecule has 5 nitrogen and oxygen atoms in total. The van der Waals surface area contributed by atoms with E-state index in [0.717, 1.165) is 4.90 Å². The number of ether oxygens (including phenoxy) is 1. The van der Waals surface area contributed by atoms with Crippen LogP contribution in [-0.4, -0.2) is 24.2 Å². The normalized spacial score (nSPS) is 17.6. The van der Waals surface area contributed by atoms with Crippen molar-refractivity contribution in [2.45, 2.75) is 16.6 Å². The fourth-order valence-electron chi connectivity index (χ4n) is 2.45. The van der Waals surface area contributed by atoms with Crippen molar-refractivity contribution in [3.05, 3.63) is 48.5 Å². The van der Waals surface area contributed by atoms with E-state index in [2.05, 4.69) is 0 Å². The third-order valence-corrected chi connectivity index (χ3v) is 4.75. The first-order valence-electron chi connectivity index (χ1n) is 7.11. The number of methoxy groups -OCH3 is 1. The number of nitrogen functional groups attached to an aromatic ring is 1. The zero-order chi connectivity index (χ0) is 16.4. The van der Waals surface area contributed by atoms with E-state index in [4.69, 9.17) is 10.5 Å². The van der Waals surface area contributed by atoms with E-state index in [1.807, 2.05) is 12.1 Å². The van der Waals surface area contributed by atoms with Gasteiger partial charge in [-0.1, -0.05) is 6.07 Å². The van der Waals surface area contributed by atoms with E-state index >= 15 is 0 Å². The van der Waals surface area contributed by atoms with Gasteiger partial charge in [0.2, 0.25) is 11.8 Å². The van der Waals surface area contributed by atoms with Crippen molar-refractivity contribution in [3.63, 3.8) is 0 Å². The third-order valence-electron chi connectivity index (χ3n) is 3.57. The molecule has 0 spiro atoms. The van der Waals surface area contributed by atoms with Gasteiger partial charge in [-0.25, -0.2) is 4.90 Å². The molecule has 1 heterocycles. The molecule has 118 valence electrons. The lowest BCUT2D eigenvalue weighted by Crippen LogP contribution is -2.31. The molecule has 0 radical (unpaired) electrons. The van der Waals surface area contributed by atoms with Crippen LogP contribution in [0.4, 0.5) is 11.4 Å². The molecule has 2 N–H and O–H groups in total. The molecular weight excluding hydrogens is 312 g/mol. The molecule has 0 aliphatic carbocycles. The summed E-state index contributed by atoms with van der Waals surface area (Å²) < 4.78 is 5.09. The number of imide groups is 1. The molecule has 2 aromatic rings. The highest BCUT2D eigenvalue weighted by atomic mass is 32.2. The van der Waals surface area contributed by atoms with Crippen molar-refractivity contribution in [2.75, 3.05) is 17.7 Å². The van der Waals surface area contributed by atoms with Gasteiger partial charge in [0.1, 0.15) is 5.75 Å². The molecular formula is C17H16N2O3S. The predicted octanol–water partition coefficient (Wildman–Crippen LogP) is 2.70. The number of hydrogen-bond acceptors (Lipinski definition) is 5. The summed E-state index contributed by atoms with van der Waals surface area (Å²) in [5.74, 6) is 0.285. The number of rotatable bonds is 4. The molecule has 1 saturated heterocycles. The first-order chi connectivity index (χ1) is 11.1. The minimum absolute atomic E-state index is 0.185. The van der Waals surface area contributed by atoms with Gasteiger partial charge in [0.05, 0.1) is 18.0 Å². The van der Waals surface area contributed by atoms with Crippen molar-refractivity contribution >= 4 is 35.0 Å². The van der Waals surface area contributed by atoms with Gasteiger partial charge in [0.15, 0.2) is 0 Å². The van der Waals surface area contributed by atoms with Crippen LogP contribution in [0.2, 0.25) is 0 Å². The zero-order valence-corrected chi connectivity index (χ0v) is 13.4. The first kappa shape index (κ1) is 15.4. The van der Waals surface area contributed by atoms with Crippen LogP contribution >= 0.6 is 11.8 Å². The Bertz CT molecular complexity index is 746. The van der Waals surface area contributed by atoms with E-state index in [0.29, 0.717) is 17.1 Å². The van der Waals surface area contributed by atoms with Gasteiger partial charge in [-0.2, -0.15) is 0 Å². The highest BCUT2D eigenvalue weighted by molar-refractivity contribution is 8.00. The summed E-state index contributed by atoms with van der Waals surface area (Å²) in [7, 11) is 1.57. The minimum Gasteiger partial charge on any atom is -0.497 e. The summed E-state index contributed by atoms with van der Waals surface area (Å²) in [6.45, 7) is 0. The molecule has 0 saturated carbocycles. The molecule has 23 heavy (non-hydrogen) atoms. The molecule has 1 aliphatic rings.